The molecule has 2 N–H and O–H groups in total. The van der Waals surface area contributed by atoms with Gasteiger partial charge in [-0.25, -0.2) is 0 Å². The van der Waals surface area contributed by atoms with Crippen LogP contribution in [0.25, 0.3) is 0 Å². The van der Waals surface area contributed by atoms with E-state index in [0.29, 0.717) is 22.4 Å². The van der Waals surface area contributed by atoms with Crippen molar-refractivity contribution in [3.63, 3.8) is 0 Å². The van der Waals surface area contributed by atoms with Crippen LogP contribution in [0.2, 0.25) is 10.0 Å². The largest absolute Gasteiger partial charge is 0.490 e. The first-order valence-corrected chi connectivity index (χ1v) is 6.57. The van der Waals surface area contributed by atoms with E-state index >= 15 is 0 Å². The molecule has 4 heteroatoms. The Morgan fingerprint density at radius 2 is 1.76 bits per heavy atom. The van der Waals surface area contributed by atoms with Gasteiger partial charge >= 0.3 is 0 Å². The lowest BCUT2D eigenvalue weighted by atomic mass is 10.1. The van der Waals surface area contributed by atoms with Gasteiger partial charge in [-0.05, 0) is 32.9 Å². The number of hydrogen-bond donors (Lipinski definition) is 1. The van der Waals surface area contributed by atoms with Gasteiger partial charge < -0.3 is 10.1 Å². The van der Waals surface area contributed by atoms with Gasteiger partial charge in [0, 0.05) is 6.42 Å². The summed E-state index contributed by atoms with van der Waals surface area (Å²) in [6.45, 7) is 8.25. The van der Waals surface area contributed by atoms with Gasteiger partial charge in [-0.3, -0.25) is 0 Å². The van der Waals surface area contributed by atoms with Crippen molar-refractivity contribution in [2.45, 2.75) is 32.7 Å². The normalized spacial score (nSPS) is 11.6. The lowest BCUT2D eigenvalue weighted by molar-refractivity contribution is -0.717. The Labute approximate surface area is 113 Å². The monoisotopic (exact) mass is 276 g/mol. The number of rotatable bonds is 5. The third kappa shape index (κ3) is 5.62. The van der Waals surface area contributed by atoms with Crippen LogP contribution in [0.1, 0.15) is 27.2 Å². The van der Waals surface area contributed by atoms with Crippen molar-refractivity contribution in [1.82, 2.24) is 0 Å². The van der Waals surface area contributed by atoms with Crippen molar-refractivity contribution in [1.29, 1.82) is 0 Å². The van der Waals surface area contributed by atoms with Crippen LogP contribution < -0.4 is 10.1 Å². The van der Waals surface area contributed by atoms with Gasteiger partial charge in [0.1, 0.15) is 0 Å². The Kier molecular flexibility index (Phi) is 5.57. The molecule has 1 rings (SSSR count). The summed E-state index contributed by atoms with van der Waals surface area (Å²) in [5.74, 6) is 0.589. The maximum absolute atomic E-state index is 6.00. The second-order valence-electron chi connectivity index (χ2n) is 5.11. The topological polar surface area (TPSA) is 25.8 Å². The molecule has 96 valence electrons. The van der Waals surface area contributed by atoms with E-state index in [4.69, 9.17) is 27.9 Å². The summed E-state index contributed by atoms with van der Waals surface area (Å²) in [5.41, 5.74) is 0.266. The summed E-state index contributed by atoms with van der Waals surface area (Å²) in [7, 11) is 0. The number of benzene rings is 1. The summed E-state index contributed by atoms with van der Waals surface area (Å²) in [4.78, 5) is 0. The molecule has 0 fully saturated rings. The van der Waals surface area contributed by atoms with Gasteiger partial charge in [-0.2, -0.15) is 0 Å². The number of ether oxygens (including phenoxy) is 1. The van der Waals surface area contributed by atoms with Crippen molar-refractivity contribution in [2.24, 2.45) is 0 Å². The molecule has 0 bridgehead atoms. The Balaban J connectivity index is 2.32. The predicted octanol–water partition coefficient (Wildman–Crippen LogP) is 3.12. The zero-order valence-electron chi connectivity index (χ0n) is 10.6. The highest BCUT2D eigenvalue weighted by Crippen LogP contribution is 2.32. The average molecular weight is 277 g/mol. The lowest BCUT2D eigenvalue weighted by Gasteiger charge is -2.17. The van der Waals surface area contributed by atoms with Crippen LogP contribution in [0.15, 0.2) is 18.2 Å². The molecule has 1 aromatic rings. The van der Waals surface area contributed by atoms with Gasteiger partial charge in [0.15, 0.2) is 5.75 Å². The maximum Gasteiger partial charge on any atom is 0.156 e. The van der Waals surface area contributed by atoms with Gasteiger partial charge in [-0.1, -0.05) is 29.3 Å². The highest BCUT2D eigenvalue weighted by molar-refractivity contribution is 6.37. The fourth-order valence-corrected chi connectivity index (χ4v) is 1.92. The maximum atomic E-state index is 6.00. The standard InChI is InChI=1S/C13H19Cl2NO/c1-13(2,3)16-8-5-9-17-12-10(14)6-4-7-11(12)15/h4,6-7,16H,5,8-9H2,1-3H3/p+1. The number of halogens is 2. The zero-order valence-corrected chi connectivity index (χ0v) is 12.1. The van der Waals surface area contributed by atoms with E-state index in [-0.39, 0.29) is 5.54 Å². The lowest BCUT2D eigenvalue weighted by Crippen LogP contribution is -2.94. The van der Waals surface area contributed by atoms with Crippen LogP contribution in [0.5, 0.6) is 5.75 Å². The third-order valence-corrected chi connectivity index (χ3v) is 2.87. The van der Waals surface area contributed by atoms with E-state index in [9.17, 15) is 0 Å². The summed E-state index contributed by atoms with van der Waals surface area (Å²) in [5, 5.41) is 3.43. The molecule has 0 atom stereocenters. The molecular weight excluding hydrogens is 257 g/mol. The fourth-order valence-electron chi connectivity index (χ4n) is 1.41. The van der Waals surface area contributed by atoms with E-state index in [0.717, 1.165) is 13.0 Å². The number of quaternary nitrogens is 1. The Bertz CT molecular complexity index is 341. The second kappa shape index (κ2) is 6.48. The van der Waals surface area contributed by atoms with E-state index in [1.165, 1.54) is 0 Å². The Morgan fingerprint density at radius 1 is 1.18 bits per heavy atom. The van der Waals surface area contributed by atoms with Crippen LogP contribution in [-0.4, -0.2) is 18.7 Å². The molecule has 0 aliphatic heterocycles. The first-order valence-electron chi connectivity index (χ1n) is 5.81. The minimum Gasteiger partial charge on any atom is -0.490 e. The fraction of sp³-hybridized carbons (Fsp3) is 0.538. The molecule has 0 radical (unpaired) electrons. The van der Waals surface area contributed by atoms with Gasteiger partial charge in [0.2, 0.25) is 0 Å². The summed E-state index contributed by atoms with van der Waals surface area (Å²) in [6, 6.07) is 5.37. The van der Waals surface area contributed by atoms with Crippen LogP contribution in [0, 0.1) is 0 Å². The molecule has 0 saturated heterocycles. The van der Waals surface area contributed by atoms with Crippen LogP contribution in [0.4, 0.5) is 0 Å². The molecule has 2 nitrogen and oxygen atoms in total. The van der Waals surface area contributed by atoms with Gasteiger partial charge in [-0.15, -0.1) is 0 Å². The smallest absolute Gasteiger partial charge is 0.156 e. The average Bonchev–Trinajstić information content (AvgIpc) is 2.20. The number of nitrogens with two attached hydrogens (primary N) is 1. The van der Waals surface area contributed by atoms with Crippen molar-refractivity contribution >= 4 is 23.2 Å². The van der Waals surface area contributed by atoms with Crippen molar-refractivity contribution < 1.29 is 10.1 Å². The van der Waals surface area contributed by atoms with Crippen LogP contribution in [-0.2, 0) is 0 Å². The van der Waals surface area contributed by atoms with E-state index in [1.54, 1.807) is 12.1 Å². The van der Waals surface area contributed by atoms with E-state index in [2.05, 4.69) is 26.1 Å². The highest BCUT2D eigenvalue weighted by atomic mass is 35.5. The Morgan fingerprint density at radius 3 is 2.29 bits per heavy atom. The number of hydrogen-bond acceptors (Lipinski definition) is 1. The molecule has 0 aromatic heterocycles. The van der Waals surface area contributed by atoms with Gasteiger partial charge in [0.05, 0.1) is 28.7 Å². The summed E-state index contributed by atoms with van der Waals surface area (Å²) < 4.78 is 5.60. The Hall–Kier alpha value is -0.440. The molecule has 0 heterocycles. The third-order valence-electron chi connectivity index (χ3n) is 2.27. The molecule has 0 aliphatic carbocycles. The van der Waals surface area contributed by atoms with Crippen molar-refractivity contribution in [2.75, 3.05) is 13.2 Å². The molecule has 17 heavy (non-hydrogen) atoms. The van der Waals surface area contributed by atoms with Crippen LogP contribution >= 0.6 is 23.2 Å². The highest BCUT2D eigenvalue weighted by Gasteiger charge is 2.12. The van der Waals surface area contributed by atoms with E-state index in [1.807, 2.05) is 6.07 Å². The van der Waals surface area contributed by atoms with Crippen molar-refractivity contribution in [3.8, 4) is 5.75 Å². The van der Waals surface area contributed by atoms with Gasteiger partial charge in [0.25, 0.3) is 0 Å². The molecule has 0 saturated carbocycles. The zero-order chi connectivity index (χ0) is 12.9. The first kappa shape index (κ1) is 14.6. The molecular formula is C13H20Cl2NO+. The molecule has 0 spiro atoms. The molecule has 0 aliphatic rings. The van der Waals surface area contributed by atoms with E-state index < -0.39 is 0 Å². The molecule has 1 aromatic carbocycles. The summed E-state index contributed by atoms with van der Waals surface area (Å²) >= 11 is 12.0. The van der Waals surface area contributed by atoms with Crippen LogP contribution in [0.3, 0.4) is 0 Å². The first-order chi connectivity index (χ1) is 7.90. The minimum absolute atomic E-state index is 0.266. The summed E-state index contributed by atoms with van der Waals surface area (Å²) in [6.07, 6.45) is 0.971. The predicted molar refractivity (Wildman–Crippen MR) is 73.1 cm³/mol. The number of para-hydroxylation sites is 1. The quantitative estimate of drug-likeness (QED) is 0.822. The van der Waals surface area contributed by atoms with Crippen molar-refractivity contribution in [3.05, 3.63) is 28.2 Å². The molecule has 0 amide bonds. The minimum atomic E-state index is 0.266. The second-order valence-corrected chi connectivity index (χ2v) is 5.93. The molecule has 0 unspecified atom stereocenters. The SMILES string of the molecule is CC(C)(C)[NH2+]CCCOc1c(Cl)cccc1Cl.